The first kappa shape index (κ1) is 12.3. The predicted molar refractivity (Wildman–Crippen MR) is 71.0 cm³/mol. The number of nitrogens with two attached hydrogens (primary N) is 1. The number of ketones is 1. The molecule has 0 spiro atoms. The van der Waals surface area contributed by atoms with Crippen LogP contribution in [0, 0.1) is 6.92 Å². The van der Waals surface area contributed by atoms with Gasteiger partial charge in [-0.15, -0.1) is 0 Å². The van der Waals surface area contributed by atoms with Crippen LogP contribution in [0.4, 0.5) is 5.69 Å². The zero-order valence-electron chi connectivity index (χ0n) is 9.84. The van der Waals surface area contributed by atoms with E-state index in [1.807, 2.05) is 6.07 Å². The van der Waals surface area contributed by atoms with E-state index in [0.29, 0.717) is 22.4 Å². The third kappa shape index (κ3) is 2.26. The summed E-state index contributed by atoms with van der Waals surface area (Å²) < 4.78 is 0. The number of rotatable bonds is 3. The summed E-state index contributed by atoms with van der Waals surface area (Å²) in [5.41, 5.74) is 7.64. The minimum Gasteiger partial charge on any atom is -0.398 e. The number of Topliss-reactive ketones (excluding diaryl/α,β-unsaturated/α-hetero) is 1. The molecule has 1 unspecified atom stereocenters. The summed E-state index contributed by atoms with van der Waals surface area (Å²) in [6, 6.07) is 13.7. The number of carbonyl (C=O) groups is 1. The zero-order valence-corrected chi connectivity index (χ0v) is 9.84. The van der Waals surface area contributed by atoms with Crippen molar-refractivity contribution >= 4 is 11.5 Å². The molecule has 1 atom stereocenters. The zero-order chi connectivity index (χ0) is 13.1. The lowest BCUT2D eigenvalue weighted by Gasteiger charge is -2.14. The van der Waals surface area contributed by atoms with Crippen LogP contribution in [0.1, 0.15) is 27.6 Å². The quantitative estimate of drug-likeness (QED) is 0.639. The molecular formula is C15H14NO2. The highest BCUT2D eigenvalue weighted by molar-refractivity contribution is 6.00. The number of benzene rings is 2. The van der Waals surface area contributed by atoms with E-state index in [1.54, 1.807) is 42.5 Å². The summed E-state index contributed by atoms with van der Waals surface area (Å²) in [5.74, 6) is -0.368. The van der Waals surface area contributed by atoms with Gasteiger partial charge in [0, 0.05) is 16.8 Å². The molecule has 0 saturated carbocycles. The van der Waals surface area contributed by atoms with Crippen molar-refractivity contribution in [2.45, 2.75) is 6.10 Å². The molecule has 0 aliphatic heterocycles. The van der Waals surface area contributed by atoms with Crippen molar-refractivity contribution in [1.29, 1.82) is 0 Å². The summed E-state index contributed by atoms with van der Waals surface area (Å²) >= 11 is 0. The van der Waals surface area contributed by atoms with Gasteiger partial charge in [-0.25, -0.2) is 0 Å². The van der Waals surface area contributed by atoms with Crippen molar-refractivity contribution in [3.63, 3.8) is 0 Å². The number of hydrogen-bond donors (Lipinski definition) is 2. The monoisotopic (exact) mass is 240 g/mol. The number of nitrogen functional groups attached to an aromatic ring is 1. The average Bonchev–Trinajstić information content (AvgIpc) is 2.41. The van der Waals surface area contributed by atoms with Crippen LogP contribution in [-0.4, -0.2) is 10.9 Å². The van der Waals surface area contributed by atoms with Crippen LogP contribution >= 0.6 is 0 Å². The van der Waals surface area contributed by atoms with Crippen LogP contribution in [0.15, 0.2) is 48.5 Å². The van der Waals surface area contributed by atoms with Gasteiger partial charge in [0.2, 0.25) is 0 Å². The topological polar surface area (TPSA) is 63.3 Å². The third-order valence-electron chi connectivity index (χ3n) is 2.83. The van der Waals surface area contributed by atoms with Crippen LogP contribution in [0.3, 0.4) is 0 Å². The Morgan fingerprint density at radius 1 is 1.11 bits per heavy atom. The number of aliphatic hydroxyl groups excluding tert-OH is 1. The average molecular weight is 240 g/mol. The van der Waals surface area contributed by atoms with E-state index in [4.69, 9.17) is 5.73 Å². The molecule has 18 heavy (non-hydrogen) atoms. The van der Waals surface area contributed by atoms with E-state index < -0.39 is 6.10 Å². The minimum absolute atomic E-state index is 0.356. The van der Waals surface area contributed by atoms with Gasteiger partial charge in [0.1, 0.15) is 6.10 Å². The second kappa shape index (κ2) is 5.02. The standard InChI is InChI=1S/C15H14NO2/c1-10-6-5-9-12(13(10)16)15(18)14(17)11-7-3-2-4-8-11/h2-9,15,18H,1,16H2. The largest absolute Gasteiger partial charge is 0.398 e. The fraction of sp³-hybridized carbons (Fsp3) is 0.0667. The summed E-state index contributed by atoms with van der Waals surface area (Å²) in [4.78, 5) is 12.1. The van der Waals surface area contributed by atoms with E-state index in [-0.39, 0.29) is 5.78 Å². The molecule has 0 saturated heterocycles. The molecule has 0 fully saturated rings. The lowest BCUT2D eigenvalue weighted by atomic mass is 9.97. The molecule has 3 heteroatoms. The lowest BCUT2D eigenvalue weighted by molar-refractivity contribution is 0.0748. The van der Waals surface area contributed by atoms with Crippen LogP contribution in [0.25, 0.3) is 0 Å². The van der Waals surface area contributed by atoms with Gasteiger partial charge >= 0.3 is 0 Å². The van der Waals surface area contributed by atoms with E-state index in [0.717, 1.165) is 0 Å². The van der Waals surface area contributed by atoms with E-state index in [2.05, 4.69) is 6.92 Å². The van der Waals surface area contributed by atoms with E-state index in [1.165, 1.54) is 0 Å². The third-order valence-corrected chi connectivity index (χ3v) is 2.83. The molecule has 3 N–H and O–H groups in total. The molecule has 3 nitrogen and oxygen atoms in total. The molecular weight excluding hydrogens is 226 g/mol. The summed E-state index contributed by atoms with van der Waals surface area (Å²) in [6.45, 7) is 3.75. The number of anilines is 1. The second-order valence-corrected chi connectivity index (χ2v) is 4.05. The molecule has 91 valence electrons. The normalized spacial score (nSPS) is 12.1. The van der Waals surface area contributed by atoms with E-state index >= 15 is 0 Å². The van der Waals surface area contributed by atoms with Crippen molar-refractivity contribution in [2.24, 2.45) is 0 Å². The van der Waals surface area contributed by atoms with Crippen molar-refractivity contribution < 1.29 is 9.90 Å². The van der Waals surface area contributed by atoms with Gasteiger partial charge in [0.25, 0.3) is 0 Å². The maximum absolute atomic E-state index is 12.1. The van der Waals surface area contributed by atoms with Gasteiger partial charge in [0.05, 0.1) is 0 Å². The van der Waals surface area contributed by atoms with Gasteiger partial charge in [-0.2, -0.15) is 0 Å². The van der Waals surface area contributed by atoms with Crippen LogP contribution in [-0.2, 0) is 0 Å². The van der Waals surface area contributed by atoms with Crippen molar-refractivity contribution in [3.05, 3.63) is 72.1 Å². The summed E-state index contributed by atoms with van der Waals surface area (Å²) in [6.07, 6.45) is -1.26. The molecule has 2 aromatic rings. The van der Waals surface area contributed by atoms with Crippen molar-refractivity contribution in [2.75, 3.05) is 5.73 Å². The fourth-order valence-electron chi connectivity index (χ4n) is 1.77. The van der Waals surface area contributed by atoms with Crippen LogP contribution in [0.5, 0.6) is 0 Å². The lowest BCUT2D eigenvalue weighted by Crippen LogP contribution is -2.14. The Labute approximate surface area is 106 Å². The van der Waals surface area contributed by atoms with Crippen LogP contribution < -0.4 is 5.73 Å². The molecule has 0 aromatic heterocycles. The number of para-hydroxylation sites is 1. The molecule has 2 aromatic carbocycles. The van der Waals surface area contributed by atoms with Gasteiger partial charge in [-0.05, 0) is 12.5 Å². The first-order valence-electron chi connectivity index (χ1n) is 5.59. The maximum Gasteiger partial charge on any atom is 0.195 e. The van der Waals surface area contributed by atoms with Gasteiger partial charge in [0.15, 0.2) is 5.78 Å². The Balaban J connectivity index is 2.35. The summed E-state index contributed by atoms with van der Waals surface area (Å²) in [7, 11) is 0. The minimum atomic E-state index is -1.26. The molecule has 0 aliphatic rings. The molecule has 0 heterocycles. The highest BCUT2D eigenvalue weighted by atomic mass is 16.3. The fourth-order valence-corrected chi connectivity index (χ4v) is 1.77. The highest BCUT2D eigenvalue weighted by Crippen LogP contribution is 2.26. The second-order valence-electron chi connectivity index (χ2n) is 4.05. The number of carbonyl (C=O) groups excluding carboxylic acids is 1. The Hall–Kier alpha value is -2.13. The Kier molecular flexibility index (Phi) is 3.44. The molecule has 1 radical (unpaired) electrons. The first-order chi connectivity index (χ1) is 8.61. The molecule has 0 bridgehead atoms. The molecule has 0 aliphatic carbocycles. The summed E-state index contributed by atoms with van der Waals surface area (Å²) in [5, 5.41) is 10.1. The van der Waals surface area contributed by atoms with Crippen LogP contribution in [0.2, 0.25) is 0 Å². The molecule has 0 amide bonds. The number of aliphatic hydroxyl groups is 1. The first-order valence-corrected chi connectivity index (χ1v) is 5.59. The van der Waals surface area contributed by atoms with Gasteiger partial charge in [-0.3, -0.25) is 4.79 Å². The van der Waals surface area contributed by atoms with E-state index in [9.17, 15) is 9.90 Å². The molecule has 2 rings (SSSR count). The number of hydrogen-bond acceptors (Lipinski definition) is 3. The van der Waals surface area contributed by atoms with Gasteiger partial charge in [-0.1, -0.05) is 48.5 Å². The van der Waals surface area contributed by atoms with Gasteiger partial charge < -0.3 is 10.8 Å². The Morgan fingerprint density at radius 2 is 1.78 bits per heavy atom. The van der Waals surface area contributed by atoms with Crippen molar-refractivity contribution in [1.82, 2.24) is 0 Å². The maximum atomic E-state index is 12.1. The van der Waals surface area contributed by atoms with Crippen molar-refractivity contribution in [3.8, 4) is 0 Å². The smallest absolute Gasteiger partial charge is 0.195 e. The highest BCUT2D eigenvalue weighted by Gasteiger charge is 2.21. The predicted octanol–water partition coefficient (Wildman–Crippen LogP) is 2.37. The SMILES string of the molecule is [CH2]c1cccc(C(O)C(=O)c2ccccc2)c1N. The Bertz CT molecular complexity index is 564. The Morgan fingerprint density at radius 3 is 2.44 bits per heavy atom.